The Labute approximate surface area is 138 Å². The van der Waals surface area contributed by atoms with Crippen LogP contribution in [0.4, 0.5) is 15.8 Å². The van der Waals surface area contributed by atoms with Gasteiger partial charge in [-0.3, -0.25) is 15.0 Å². The minimum Gasteiger partial charge on any atom is -0.369 e. The van der Waals surface area contributed by atoms with E-state index in [4.69, 9.17) is 11.5 Å². The number of benzene rings is 1. The zero-order chi connectivity index (χ0) is 17.5. The fourth-order valence-electron chi connectivity index (χ4n) is 3.46. The van der Waals surface area contributed by atoms with E-state index in [1.54, 1.807) is 6.92 Å². The second-order valence-electron chi connectivity index (χ2n) is 6.14. The second kappa shape index (κ2) is 5.73. The van der Waals surface area contributed by atoms with Gasteiger partial charge in [0.2, 0.25) is 11.9 Å². The molecule has 0 aromatic heterocycles. The summed E-state index contributed by atoms with van der Waals surface area (Å²) in [4.78, 5) is 20.5. The first-order valence-corrected chi connectivity index (χ1v) is 7.79. The number of halogens is 1. The number of hydrogen-bond acceptors (Lipinski definition) is 7. The molecule has 9 heteroatoms. The van der Waals surface area contributed by atoms with E-state index >= 15 is 0 Å². The van der Waals surface area contributed by atoms with E-state index in [0.717, 1.165) is 19.3 Å². The average Bonchev–Trinajstić information content (AvgIpc) is 2.51. The van der Waals surface area contributed by atoms with Crippen molar-refractivity contribution >= 4 is 23.3 Å². The number of nitro groups is 1. The standard InChI is InChI=1S/C15H19FN6O2/c1-9-5-6-10(22(23)24)12(11(9)16)21-14(18)19-13(17)20-15(21)7-3-2-4-8-15/h5-6H,2-4,7-8H2,1H3,(H4,17,18,19,20). The van der Waals surface area contributed by atoms with Crippen LogP contribution >= 0.6 is 0 Å². The molecule has 1 aliphatic heterocycles. The molecule has 3 rings (SSSR count). The lowest BCUT2D eigenvalue weighted by molar-refractivity contribution is -0.384. The Hall–Kier alpha value is -2.71. The summed E-state index contributed by atoms with van der Waals surface area (Å²) in [5, 5.41) is 11.4. The van der Waals surface area contributed by atoms with Gasteiger partial charge in [0.15, 0.2) is 11.5 Å². The highest BCUT2D eigenvalue weighted by Crippen LogP contribution is 2.44. The Morgan fingerprint density at radius 3 is 2.58 bits per heavy atom. The summed E-state index contributed by atoms with van der Waals surface area (Å²) in [6.45, 7) is 1.55. The molecular formula is C15H19FN6O2. The van der Waals surface area contributed by atoms with Crippen LogP contribution in [0.3, 0.4) is 0 Å². The van der Waals surface area contributed by atoms with Gasteiger partial charge >= 0.3 is 0 Å². The zero-order valence-electron chi connectivity index (χ0n) is 13.3. The number of nitrogens with two attached hydrogens (primary N) is 2. The fraction of sp³-hybridized carbons (Fsp3) is 0.467. The number of aliphatic imine (C=N–C) groups is 2. The third-order valence-corrected chi connectivity index (χ3v) is 4.56. The van der Waals surface area contributed by atoms with Gasteiger partial charge in [-0.05, 0) is 44.2 Å². The number of aryl methyl sites for hydroxylation is 1. The van der Waals surface area contributed by atoms with Crippen molar-refractivity contribution in [1.82, 2.24) is 0 Å². The van der Waals surface area contributed by atoms with Crippen molar-refractivity contribution in [1.29, 1.82) is 0 Å². The van der Waals surface area contributed by atoms with Crippen molar-refractivity contribution < 1.29 is 9.31 Å². The maximum absolute atomic E-state index is 14.9. The minimum atomic E-state index is -0.923. The monoisotopic (exact) mass is 334 g/mol. The van der Waals surface area contributed by atoms with Crippen LogP contribution in [0.5, 0.6) is 0 Å². The first-order valence-electron chi connectivity index (χ1n) is 7.79. The smallest absolute Gasteiger partial charge is 0.296 e. The molecule has 0 unspecified atom stereocenters. The molecule has 0 bridgehead atoms. The SMILES string of the molecule is Cc1ccc([N+](=O)[O-])c(N2C(N)=NC(N)=NC23CCCCC3)c1F. The van der Waals surface area contributed by atoms with E-state index in [2.05, 4.69) is 9.98 Å². The van der Waals surface area contributed by atoms with Gasteiger partial charge in [0.05, 0.1) is 4.92 Å². The molecule has 8 nitrogen and oxygen atoms in total. The van der Waals surface area contributed by atoms with Crippen LogP contribution < -0.4 is 16.4 Å². The Morgan fingerprint density at radius 2 is 1.96 bits per heavy atom. The van der Waals surface area contributed by atoms with E-state index in [0.29, 0.717) is 12.8 Å². The van der Waals surface area contributed by atoms with Crippen molar-refractivity contribution in [2.75, 3.05) is 4.90 Å². The molecule has 0 amide bonds. The lowest BCUT2D eigenvalue weighted by atomic mass is 9.87. The van der Waals surface area contributed by atoms with Crippen molar-refractivity contribution in [3.05, 3.63) is 33.6 Å². The van der Waals surface area contributed by atoms with Crippen molar-refractivity contribution in [3.8, 4) is 0 Å². The largest absolute Gasteiger partial charge is 0.369 e. The van der Waals surface area contributed by atoms with Gasteiger partial charge in [-0.2, -0.15) is 4.99 Å². The van der Waals surface area contributed by atoms with Gasteiger partial charge in [-0.15, -0.1) is 0 Å². The highest BCUT2D eigenvalue weighted by molar-refractivity contribution is 6.06. The lowest BCUT2D eigenvalue weighted by Gasteiger charge is -2.45. The molecule has 24 heavy (non-hydrogen) atoms. The Bertz CT molecular complexity index is 755. The summed E-state index contributed by atoms with van der Waals surface area (Å²) < 4.78 is 14.9. The zero-order valence-corrected chi connectivity index (χ0v) is 13.3. The van der Waals surface area contributed by atoms with E-state index in [-0.39, 0.29) is 28.9 Å². The number of nitro benzene ring substituents is 1. The molecule has 1 aromatic carbocycles. The van der Waals surface area contributed by atoms with E-state index in [1.807, 2.05) is 0 Å². The van der Waals surface area contributed by atoms with Gasteiger partial charge in [0.1, 0.15) is 5.66 Å². The summed E-state index contributed by atoms with van der Waals surface area (Å²) in [6, 6.07) is 2.65. The molecule has 0 radical (unpaired) electrons. The van der Waals surface area contributed by atoms with Crippen LogP contribution in [0.2, 0.25) is 0 Å². The molecule has 1 aromatic rings. The maximum atomic E-state index is 14.9. The molecule has 1 fully saturated rings. The number of guanidine groups is 2. The van der Waals surface area contributed by atoms with E-state index in [1.165, 1.54) is 17.0 Å². The molecule has 2 aliphatic rings. The van der Waals surface area contributed by atoms with Crippen LogP contribution in [0, 0.1) is 22.9 Å². The van der Waals surface area contributed by atoms with E-state index in [9.17, 15) is 14.5 Å². The average molecular weight is 334 g/mol. The van der Waals surface area contributed by atoms with Gasteiger partial charge < -0.3 is 11.5 Å². The summed E-state index contributed by atoms with van der Waals surface area (Å²) in [5.41, 5.74) is 10.6. The van der Waals surface area contributed by atoms with Crippen LogP contribution in [-0.4, -0.2) is 22.5 Å². The molecule has 4 N–H and O–H groups in total. The number of hydrogen-bond donors (Lipinski definition) is 2. The molecule has 0 atom stereocenters. The van der Waals surface area contributed by atoms with Gasteiger partial charge in [-0.25, -0.2) is 9.38 Å². The highest BCUT2D eigenvalue weighted by atomic mass is 19.1. The molecule has 1 aliphatic carbocycles. The van der Waals surface area contributed by atoms with Crippen molar-refractivity contribution in [2.24, 2.45) is 21.5 Å². The van der Waals surface area contributed by atoms with Crippen molar-refractivity contribution in [3.63, 3.8) is 0 Å². The number of rotatable bonds is 2. The molecule has 1 saturated carbocycles. The van der Waals surface area contributed by atoms with Crippen LogP contribution in [0.1, 0.15) is 37.7 Å². The van der Waals surface area contributed by atoms with Crippen LogP contribution in [-0.2, 0) is 0 Å². The minimum absolute atomic E-state index is 0.0152. The quantitative estimate of drug-likeness (QED) is 0.633. The normalized spacial score (nSPS) is 19.8. The molecule has 1 spiro atoms. The maximum Gasteiger partial charge on any atom is 0.296 e. The first kappa shape index (κ1) is 16.2. The summed E-state index contributed by atoms with van der Waals surface area (Å²) in [7, 11) is 0. The van der Waals surface area contributed by atoms with E-state index < -0.39 is 16.4 Å². The molecular weight excluding hydrogens is 315 g/mol. The third kappa shape index (κ3) is 2.45. The lowest BCUT2D eigenvalue weighted by Crippen LogP contribution is -2.58. The first-order chi connectivity index (χ1) is 11.4. The Morgan fingerprint density at radius 1 is 1.29 bits per heavy atom. The van der Waals surface area contributed by atoms with Gasteiger partial charge in [0, 0.05) is 6.07 Å². The van der Waals surface area contributed by atoms with Crippen LogP contribution in [0.25, 0.3) is 0 Å². The third-order valence-electron chi connectivity index (χ3n) is 4.56. The topological polar surface area (TPSA) is 123 Å². The summed E-state index contributed by atoms with van der Waals surface area (Å²) >= 11 is 0. The number of nitrogens with zero attached hydrogens (tertiary/aromatic N) is 4. The predicted molar refractivity (Wildman–Crippen MR) is 89.3 cm³/mol. The van der Waals surface area contributed by atoms with Gasteiger partial charge in [0.25, 0.3) is 5.69 Å². The Balaban J connectivity index is 2.25. The van der Waals surface area contributed by atoms with Gasteiger partial charge in [-0.1, -0.05) is 6.42 Å². The highest BCUT2D eigenvalue weighted by Gasteiger charge is 2.46. The summed E-state index contributed by atoms with van der Waals surface area (Å²) in [6.07, 6.45) is 3.87. The second-order valence-corrected chi connectivity index (χ2v) is 6.14. The molecule has 128 valence electrons. The number of anilines is 1. The predicted octanol–water partition coefficient (Wildman–Crippen LogP) is 2.15. The summed E-state index contributed by atoms with van der Waals surface area (Å²) in [5.74, 6) is -0.749. The van der Waals surface area contributed by atoms with Crippen molar-refractivity contribution in [2.45, 2.75) is 44.7 Å². The fourth-order valence-corrected chi connectivity index (χ4v) is 3.46. The molecule has 0 saturated heterocycles. The van der Waals surface area contributed by atoms with Crippen LogP contribution in [0.15, 0.2) is 22.1 Å². The molecule has 1 heterocycles. The Kier molecular flexibility index (Phi) is 3.86.